The summed E-state index contributed by atoms with van der Waals surface area (Å²) < 4.78 is 1.46. The van der Waals surface area contributed by atoms with E-state index in [9.17, 15) is 14.9 Å². The highest BCUT2D eigenvalue weighted by Crippen LogP contribution is 2.22. The highest BCUT2D eigenvalue weighted by Gasteiger charge is 2.23. The zero-order valence-electron chi connectivity index (χ0n) is 11.2. The fraction of sp³-hybridized carbons (Fsp3) is 0.636. The standard InChI is InChI=1S/C11H18N4O4/c1-7(2)4-8(11(16)17)5-12-9-10(15(18)19)13-6-14(9)3/h6-8,12H,4-5H2,1-3H3,(H,16,17). The predicted octanol–water partition coefficient (Wildman–Crippen LogP) is 1.49. The van der Waals surface area contributed by atoms with Crippen LogP contribution in [0.1, 0.15) is 20.3 Å². The second kappa shape index (κ2) is 6.17. The molecule has 0 amide bonds. The maximum atomic E-state index is 11.1. The molecule has 1 heterocycles. The van der Waals surface area contributed by atoms with Crippen LogP contribution in [-0.4, -0.2) is 32.1 Å². The Bertz CT molecular complexity index is 469. The number of nitro groups is 1. The number of carboxylic acid groups (broad SMARTS) is 1. The van der Waals surface area contributed by atoms with Gasteiger partial charge < -0.3 is 20.5 Å². The quantitative estimate of drug-likeness (QED) is 0.573. The van der Waals surface area contributed by atoms with Crippen molar-refractivity contribution in [3.8, 4) is 0 Å². The van der Waals surface area contributed by atoms with E-state index in [1.165, 1.54) is 10.9 Å². The maximum absolute atomic E-state index is 11.1. The summed E-state index contributed by atoms with van der Waals surface area (Å²) >= 11 is 0. The van der Waals surface area contributed by atoms with E-state index in [4.69, 9.17) is 5.11 Å². The van der Waals surface area contributed by atoms with Crippen molar-refractivity contribution in [3.63, 3.8) is 0 Å². The third-order valence-electron chi connectivity index (χ3n) is 2.71. The molecule has 0 aliphatic rings. The number of nitrogens with zero attached hydrogens (tertiary/aromatic N) is 3. The minimum atomic E-state index is -0.911. The molecular weight excluding hydrogens is 252 g/mol. The third-order valence-corrected chi connectivity index (χ3v) is 2.71. The van der Waals surface area contributed by atoms with Crippen LogP contribution in [0.2, 0.25) is 0 Å². The Kier molecular flexibility index (Phi) is 4.85. The monoisotopic (exact) mass is 270 g/mol. The number of nitrogens with one attached hydrogen (secondary N) is 1. The molecule has 0 fully saturated rings. The van der Waals surface area contributed by atoms with Gasteiger partial charge in [-0.15, -0.1) is 0 Å². The largest absolute Gasteiger partial charge is 0.481 e. The maximum Gasteiger partial charge on any atom is 0.406 e. The Morgan fingerprint density at radius 3 is 2.74 bits per heavy atom. The lowest BCUT2D eigenvalue weighted by Gasteiger charge is -2.15. The van der Waals surface area contributed by atoms with Crippen molar-refractivity contribution < 1.29 is 14.8 Å². The molecule has 0 bridgehead atoms. The number of aryl methyl sites for hydroxylation is 1. The summed E-state index contributed by atoms with van der Waals surface area (Å²) in [6.45, 7) is 4.00. The normalized spacial score (nSPS) is 12.4. The van der Waals surface area contributed by atoms with Gasteiger partial charge in [-0.2, -0.15) is 0 Å². The van der Waals surface area contributed by atoms with Gasteiger partial charge in [-0.3, -0.25) is 9.36 Å². The summed E-state index contributed by atoms with van der Waals surface area (Å²) in [5.41, 5.74) is 0. The SMILES string of the molecule is CC(C)CC(CNc1c([N+](=O)[O-])ncn1C)C(=O)O. The Morgan fingerprint density at radius 1 is 1.63 bits per heavy atom. The van der Waals surface area contributed by atoms with Crippen molar-refractivity contribution in [2.45, 2.75) is 20.3 Å². The smallest absolute Gasteiger partial charge is 0.406 e. The number of carbonyl (C=O) groups is 1. The molecule has 0 spiro atoms. The lowest BCUT2D eigenvalue weighted by Crippen LogP contribution is -2.25. The molecule has 106 valence electrons. The topological polar surface area (TPSA) is 110 Å². The van der Waals surface area contributed by atoms with Crippen LogP contribution in [0.3, 0.4) is 0 Å². The predicted molar refractivity (Wildman–Crippen MR) is 68.9 cm³/mol. The Morgan fingerprint density at radius 2 is 2.26 bits per heavy atom. The molecule has 0 saturated heterocycles. The summed E-state index contributed by atoms with van der Waals surface area (Å²) in [4.78, 5) is 24.9. The van der Waals surface area contributed by atoms with Crippen LogP contribution in [0.15, 0.2) is 6.33 Å². The molecule has 1 aromatic heterocycles. The van der Waals surface area contributed by atoms with E-state index in [1.807, 2.05) is 13.8 Å². The summed E-state index contributed by atoms with van der Waals surface area (Å²) in [5, 5.41) is 22.7. The minimum Gasteiger partial charge on any atom is -0.481 e. The summed E-state index contributed by atoms with van der Waals surface area (Å²) in [7, 11) is 1.61. The van der Waals surface area contributed by atoms with Gasteiger partial charge in [-0.1, -0.05) is 13.8 Å². The number of hydrogen-bond acceptors (Lipinski definition) is 5. The van der Waals surface area contributed by atoms with Crippen LogP contribution in [-0.2, 0) is 11.8 Å². The fourth-order valence-electron chi connectivity index (χ4n) is 1.82. The molecule has 8 heteroatoms. The van der Waals surface area contributed by atoms with E-state index in [2.05, 4.69) is 10.3 Å². The van der Waals surface area contributed by atoms with E-state index in [-0.39, 0.29) is 24.1 Å². The van der Waals surface area contributed by atoms with Gasteiger partial charge >= 0.3 is 11.8 Å². The van der Waals surface area contributed by atoms with E-state index in [0.717, 1.165) is 0 Å². The molecule has 0 aromatic carbocycles. The first-order valence-corrected chi connectivity index (χ1v) is 5.95. The first-order chi connectivity index (χ1) is 8.82. The second-order valence-corrected chi connectivity index (χ2v) is 4.83. The van der Waals surface area contributed by atoms with Crippen LogP contribution in [0.4, 0.5) is 11.6 Å². The molecule has 1 aromatic rings. The Labute approximate surface area is 110 Å². The minimum absolute atomic E-state index is 0.133. The number of hydrogen-bond donors (Lipinski definition) is 2. The molecule has 0 aliphatic heterocycles. The van der Waals surface area contributed by atoms with Gasteiger partial charge in [0.25, 0.3) is 0 Å². The zero-order chi connectivity index (χ0) is 14.6. The van der Waals surface area contributed by atoms with Crippen LogP contribution in [0.25, 0.3) is 0 Å². The van der Waals surface area contributed by atoms with Crippen molar-refractivity contribution in [2.75, 3.05) is 11.9 Å². The fourth-order valence-corrected chi connectivity index (χ4v) is 1.82. The Balaban J connectivity index is 2.77. The number of rotatable bonds is 7. The summed E-state index contributed by atoms with van der Waals surface area (Å²) in [5.74, 6) is -1.33. The van der Waals surface area contributed by atoms with E-state index in [0.29, 0.717) is 6.42 Å². The Hall–Kier alpha value is -2.12. The van der Waals surface area contributed by atoms with Gasteiger partial charge in [0.2, 0.25) is 12.1 Å². The molecule has 1 unspecified atom stereocenters. The van der Waals surface area contributed by atoms with E-state index < -0.39 is 16.8 Å². The second-order valence-electron chi connectivity index (χ2n) is 4.83. The highest BCUT2D eigenvalue weighted by molar-refractivity contribution is 5.71. The summed E-state index contributed by atoms with van der Waals surface area (Å²) in [6, 6.07) is 0. The van der Waals surface area contributed by atoms with Crippen molar-refractivity contribution in [2.24, 2.45) is 18.9 Å². The lowest BCUT2D eigenvalue weighted by atomic mass is 9.97. The van der Waals surface area contributed by atoms with Gasteiger partial charge in [-0.25, -0.2) is 0 Å². The van der Waals surface area contributed by atoms with Gasteiger partial charge in [0.15, 0.2) is 0 Å². The van der Waals surface area contributed by atoms with Crippen LogP contribution in [0.5, 0.6) is 0 Å². The van der Waals surface area contributed by atoms with Gasteiger partial charge in [0, 0.05) is 13.6 Å². The van der Waals surface area contributed by atoms with Crippen molar-refractivity contribution >= 4 is 17.6 Å². The van der Waals surface area contributed by atoms with Crippen LogP contribution >= 0.6 is 0 Å². The summed E-state index contributed by atoms with van der Waals surface area (Å²) in [6.07, 6.45) is 1.83. The van der Waals surface area contributed by atoms with Gasteiger partial charge in [0.05, 0.1) is 5.92 Å². The number of aromatic nitrogens is 2. The molecule has 1 atom stereocenters. The third kappa shape index (κ3) is 3.94. The molecule has 1 rings (SSSR count). The zero-order valence-corrected chi connectivity index (χ0v) is 11.2. The molecule has 0 aliphatic carbocycles. The van der Waals surface area contributed by atoms with E-state index >= 15 is 0 Å². The average molecular weight is 270 g/mol. The molecule has 0 radical (unpaired) electrons. The van der Waals surface area contributed by atoms with Gasteiger partial charge in [0.1, 0.15) is 0 Å². The molecule has 0 saturated carbocycles. The molecule has 2 N–H and O–H groups in total. The lowest BCUT2D eigenvalue weighted by molar-refractivity contribution is -0.388. The number of aliphatic carboxylic acids is 1. The van der Waals surface area contributed by atoms with Crippen molar-refractivity contribution in [3.05, 3.63) is 16.4 Å². The molecular formula is C11H18N4O4. The number of imidazole rings is 1. The molecule has 19 heavy (non-hydrogen) atoms. The first-order valence-electron chi connectivity index (χ1n) is 5.95. The van der Waals surface area contributed by atoms with Crippen molar-refractivity contribution in [1.82, 2.24) is 9.55 Å². The number of carboxylic acids is 1. The van der Waals surface area contributed by atoms with E-state index in [1.54, 1.807) is 7.05 Å². The van der Waals surface area contributed by atoms with Gasteiger partial charge in [-0.05, 0) is 22.2 Å². The van der Waals surface area contributed by atoms with Crippen molar-refractivity contribution in [1.29, 1.82) is 0 Å². The average Bonchev–Trinajstić information content (AvgIpc) is 2.65. The van der Waals surface area contributed by atoms with Crippen LogP contribution in [0, 0.1) is 22.0 Å². The van der Waals surface area contributed by atoms with Crippen LogP contribution < -0.4 is 5.32 Å². The highest BCUT2D eigenvalue weighted by atomic mass is 16.6. The molecule has 8 nitrogen and oxygen atoms in total. The number of anilines is 1. The first kappa shape index (κ1) is 14.9.